The molecular formula is C15H25BrFNO3SSi. The maximum atomic E-state index is 14.4. The first kappa shape index (κ1) is 20.8. The summed E-state index contributed by atoms with van der Waals surface area (Å²) in [5.74, 6) is -0.515. The second kappa shape index (κ2) is 6.91. The molecule has 0 amide bonds. The van der Waals surface area contributed by atoms with E-state index >= 15 is 0 Å². The Morgan fingerprint density at radius 2 is 1.83 bits per heavy atom. The van der Waals surface area contributed by atoms with E-state index in [1.807, 2.05) is 33.9 Å². The van der Waals surface area contributed by atoms with Crippen molar-refractivity contribution in [1.82, 2.24) is 0 Å². The van der Waals surface area contributed by atoms with Crippen LogP contribution < -0.4 is 5.14 Å². The van der Waals surface area contributed by atoms with Gasteiger partial charge in [-0.2, -0.15) is 0 Å². The number of halogens is 2. The van der Waals surface area contributed by atoms with Crippen LogP contribution in [-0.4, -0.2) is 22.0 Å². The summed E-state index contributed by atoms with van der Waals surface area (Å²) in [6.07, 6.45) is -0.945. The van der Waals surface area contributed by atoms with Crippen LogP contribution in [0.3, 0.4) is 0 Å². The van der Waals surface area contributed by atoms with Crippen molar-refractivity contribution < 1.29 is 17.2 Å². The normalized spacial score (nSPS) is 16.2. The first-order valence-corrected chi connectivity index (χ1v) is 12.6. The third-order valence-electron chi connectivity index (χ3n) is 4.44. The molecule has 132 valence electrons. The molecular weight excluding hydrogens is 401 g/mol. The summed E-state index contributed by atoms with van der Waals surface area (Å²) in [6, 6.07) is 4.50. The highest BCUT2D eigenvalue weighted by Gasteiger charge is 2.43. The number of sulfonamides is 1. The Morgan fingerprint density at radius 3 is 2.22 bits per heavy atom. The number of benzene rings is 1. The van der Waals surface area contributed by atoms with Crippen LogP contribution in [-0.2, 0) is 14.4 Å². The van der Waals surface area contributed by atoms with E-state index in [4.69, 9.17) is 9.56 Å². The summed E-state index contributed by atoms with van der Waals surface area (Å²) < 4.78 is 44.9. The van der Waals surface area contributed by atoms with Crippen molar-refractivity contribution in [3.05, 3.63) is 34.1 Å². The van der Waals surface area contributed by atoms with Gasteiger partial charge in [0.15, 0.2) is 8.32 Å². The highest BCUT2D eigenvalue weighted by molar-refractivity contribution is 9.10. The molecule has 0 aromatic heterocycles. The minimum atomic E-state index is -3.88. The van der Waals surface area contributed by atoms with Crippen molar-refractivity contribution in [2.75, 3.05) is 0 Å². The van der Waals surface area contributed by atoms with E-state index in [0.717, 1.165) is 0 Å². The molecule has 0 radical (unpaired) electrons. The van der Waals surface area contributed by atoms with E-state index in [1.54, 1.807) is 12.1 Å². The minimum Gasteiger partial charge on any atom is -0.408 e. The monoisotopic (exact) mass is 425 g/mol. The summed E-state index contributed by atoms with van der Waals surface area (Å²) in [4.78, 5) is 0. The number of hydrogen-bond acceptors (Lipinski definition) is 3. The molecule has 0 aliphatic carbocycles. The van der Waals surface area contributed by atoms with Crippen LogP contribution in [0.15, 0.2) is 22.7 Å². The van der Waals surface area contributed by atoms with Gasteiger partial charge in [0.05, 0.1) is 6.10 Å². The zero-order chi connectivity index (χ0) is 18.2. The van der Waals surface area contributed by atoms with Crippen molar-refractivity contribution in [2.24, 2.45) is 5.14 Å². The maximum absolute atomic E-state index is 14.4. The van der Waals surface area contributed by atoms with Gasteiger partial charge in [-0.3, -0.25) is 0 Å². The van der Waals surface area contributed by atoms with Crippen LogP contribution >= 0.6 is 15.9 Å². The van der Waals surface area contributed by atoms with E-state index in [0.29, 0.717) is 4.47 Å². The lowest BCUT2D eigenvalue weighted by molar-refractivity contribution is 0.177. The summed E-state index contributed by atoms with van der Waals surface area (Å²) >= 11 is 3.20. The molecule has 1 aromatic rings. The molecule has 0 spiro atoms. The van der Waals surface area contributed by atoms with E-state index in [2.05, 4.69) is 15.9 Å². The van der Waals surface area contributed by atoms with Crippen molar-refractivity contribution in [1.29, 1.82) is 0 Å². The molecule has 2 unspecified atom stereocenters. The second-order valence-electron chi connectivity index (χ2n) is 7.26. The molecule has 8 heteroatoms. The molecule has 0 saturated carbocycles. The molecule has 0 fully saturated rings. The van der Waals surface area contributed by atoms with E-state index in [1.165, 1.54) is 13.0 Å². The lowest BCUT2D eigenvalue weighted by Gasteiger charge is -2.40. The summed E-state index contributed by atoms with van der Waals surface area (Å²) in [5, 5.41) is 4.11. The second-order valence-corrected chi connectivity index (χ2v) is 14.9. The maximum Gasteiger partial charge on any atom is 0.214 e. The van der Waals surface area contributed by atoms with Crippen LogP contribution in [0.5, 0.6) is 0 Å². The predicted molar refractivity (Wildman–Crippen MR) is 97.7 cm³/mol. The van der Waals surface area contributed by atoms with Crippen LogP contribution in [0, 0.1) is 5.82 Å². The smallest absolute Gasteiger partial charge is 0.214 e. The van der Waals surface area contributed by atoms with Crippen LogP contribution in [0.4, 0.5) is 4.39 Å². The van der Waals surface area contributed by atoms with E-state index in [-0.39, 0.29) is 10.6 Å². The van der Waals surface area contributed by atoms with Gasteiger partial charge in [-0.25, -0.2) is 17.9 Å². The molecule has 1 aromatic carbocycles. The summed E-state index contributed by atoms with van der Waals surface area (Å²) in [6.45, 7) is 11.6. The molecule has 0 bridgehead atoms. The van der Waals surface area contributed by atoms with Crippen LogP contribution in [0.2, 0.25) is 18.1 Å². The third kappa shape index (κ3) is 5.09. The Morgan fingerprint density at radius 1 is 1.30 bits per heavy atom. The standard InChI is InChI=1S/C15H25BrFNO3SSi/c1-10(22(18,19)20)14(21-23(5,6)15(2,3)4)12-8-7-11(16)9-13(12)17/h7-10,14H,1-6H3,(H2,18,19,20). The highest BCUT2D eigenvalue weighted by atomic mass is 79.9. The summed E-state index contributed by atoms with van der Waals surface area (Å²) in [7, 11) is -6.20. The van der Waals surface area contributed by atoms with Gasteiger partial charge in [0, 0.05) is 10.0 Å². The Kier molecular flexibility index (Phi) is 6.24. The third-order valence-corrected chi connectivity index (χ3v) is 10.7. The average molecular weight is 426 g/mol. The number of primary sulfonamides is 1. The lowest BCUT2D eigenvalue weighted by Crippen LogP contribution is -2.45. The van der Waals surface area contributed by atoms with E-state index in [9.17, 15) is 12.8 Å². The lowest BCUT2D eigenvalue weighted by atomic mass is 10.1. The van der Waals surface area contributed by atoms with Gasteiger partial charge in [0.25, 0.3) is 0 Å². The average Bonchev–Trinajstić information content (AvgIpc) is 2.33. The first-order valence-electron chi connectivity index (χ1n) is 7.31. The van der Waals surface area contributed by atoms with Gasteiger partial charge in [0.1, 0.15) is 11.1 Å². The summed E-state index contributed by atoms with van der Waals surface area (Å²) in [5.41, 5.74) is 0.208. The molecule has 0 heterocycles. The number of hydrogen-bond donors (Lipinski definition) is 1. The van der Waals surface area contributed by atoms with Gasteiger partial charge >= 0.3 is 0 Å². The van der Waals surface area contributed by atoms with Gasteiger partial charge < -0.3 is 4.43 Å². The topological polar surface area (TPSA) is 69.4 Å². The molecule has 0 saturated heterocycles. The first-order chi connectivity index (χ1) is 10.2. The quantitative estimate of drug-likeness (QED) is 0.713. The van der Waals surface area contributed by atoms with Crippen LogP contribution in [0.25, 0.3) is 0 Å². The molecule has 4 nitrogen and oxygen atoms in total. The Balaban J connectivity index is 3.39. The number of rotatable bonds is 5. The minimum absolute atomic E-state index is 0.144. The van der Waals surface area contributed by atoms with Gasteiger partial charge in [-0.05, 0) is 37.2 Å². The molecule has 0 aliphatic rings. The Labute approximate surface area is 147 Å². The van der Waals surface area contributed by atoms with Crippen molar-refractivity contribution in [3.8, 4) is 0 Å². The number of nitrogens with two attached hydrogens (primary N) is 1. The highest BCUT2D eigenvalue weighted by Crippen LogP contribution is 2.41. The molecule has 2 N–H and O–H groups in total. The zero-order valence-electron chi connectivity index (χ0n) is 14.4. The van der Waals surface area contributed by atoms with Gasteiger partial charge in [0.2, 0.25) is 10.0 Å². The largest absolute Gasteiger partial charge is 0.408 e. The van der Waals surface area contributed by atoms with Crippen LogP contribution in [0.1, 0.15) is 39.4 Å². The molecule has 2 atom stereocenters. The van der Waals surface area contributed by atoms with Gasteiger partial charge in [-0.1, -0.05) is 42.8 Å². The fraction of sp³-hybridized carbons (Fsp3) is 0.600. The zero-order valence-corrected chi connectivity index (χ0v) is 17.8. The van der Waals surface area contributed by atoms with Crippen molar-refractivity contribution in [3.63, 3.8) is 0 Å². The van der Waals surface area contributed by atoms with E-state index < -0.39 is 35.5 Å². The fourth-order valence-corrected chi connectivity index (χ4v) is 4.11. The fourth-order valence-electron chi connectivity index (χ4n) is 1.81. The van der Waals surface area contributed by atoms with Gasteiger partial charge in [-0.15, -0.1) is 0 Å². The van der Waals surface area contributed by atoms with Crippen molar-refractivity contribution in [2.45, 2.75) is 57.2 Å². The Bertz CT molecular complexity index is 674. The predicted octanol–water partition coefficient (Wildman–Crippen LogP) is 4.33. The Hall–Kier alpha value is -0.283. The molecule has 1 rings (SSSR count). The SMILES string of the molecule is CC(C(O[Si](C)(C)C(C)(C)C)c1ccc(Br)cc1F)S(N)(=O)=O. The molecule has 23 heavy (non-hydrogen) atoms. The van der Waals surface area contributed by atoms with Crippen molar-refractivity contribution >= 4 is 34.3 Å². The molecule has 0 aliphatic heterocycles.